The summed E-state index contributed by atoms with van der Waals surface area (Å²) in [5.41, 5.74) is 13.5. The van der Waals surface area contributed by atoms with Gasteiger partial charge in [-0.15, -0.1) is 11.8 Å². The van der Waals surface area contributed by atoms with Crippen molar-refractivity contribution in [3.05, 3.63) is 95.8 Å². The fourth-order valence-corrected chi connectivity index (χ4v) is 18.3. The summed E-state index contributed by atoms with van der Waals surface area (Å²) in [7, 11) is -11.3. The Bertz CT molecular complexity index is 4540. The Balaban J connectivity index is 0.760. The van der Waals surface area contributed by atoms with Gasteiger partial charge in [0.25, 0.3) is 5.08 Å². The highest BCUT2D eigenvalue weighted by Gasteiger charge is 2.59. The maximum absolute atomic E-state index is 14.4. The number of urea groups is 1. The van der Waals surface area contributed by atoms with Gasteiger partial charge in [-0.2, -0.15) is 0 Å². The number of aliphatic hydroxyl groups is 1. The van der Waals surface area contributed by atoms with Gasteiger partial charge < -0.3 is 129 Å². The van der Waals surface area contributed by atoms with Gasteiger partial charge in [0.15, 0.2) is 0 Å². The Kier molecular flexibility index (Phi) is 50.9. The number of rotatable bonds is 65. The van der Waals surface area contributed by atoms with Gasteiger partial charge in [-0.3, -0.25) is 90.9 Å². The number of benzene rings is 2. The normalized spacial score (nSPS) is 16.4. The number of aryl methyl sites for hydroxylation is 1. The highest BCUT2D eigenvalue weighted by Crippen LogP contribution is 2.69. The largest absolute Gasteiger partial charge is 0.481 e. The molecule has 2 aromatic carbocycles. The van der Waals surface area contributed by atoms with Crippen LogP contribution >= 0.6 is 27.0 Å². The number of primary amides is 1. The molecule has 2 saturated carbocycles. The molecule has 1 saturated heterocycles. The zero-order valence-corrected chi connectivity index (χ0v) is 79.2. The van der Waals surface area contributed by atoms with Crippen LogP contribution in [0.5, 0.6) is 0 Å². The lowest BCUT2D eigenvalue weighted by Crippen LogP contribution is -2.63. The predicted molar refractivity (Wildman–Crippen MR) is 497 cm³/mol. The van der Waals surface area contributed by atoms with E-state index in [0.29, 0.717) is 81.1 Å². The number of ether oxygens (including phenoxy) is 4. The van der Waals surface area contributed by atoms with Crippen LogP contribution in [0.1, 0.15) is 177 Å². The number of anilines is 2. The van der Waals surface area contributed by atoms with Crippen molar-refractivity contribution >= 4 is 139 Å². The molecule has 136 heavy (non-hydrogen) atoms. The summed E-state index contributed by atoms with van der Waals surface area (Å²) in [6, 6.07) is 12.3. The summed E-state index contributed by atoms with van der Waals surface area (Å²) in [4.78, 5) is 250. The van der Waals surface area contributed by atoms with Crippen LogP contribution in [-0.4, -0.2) is 285 Å². The van der Waals surface area contributed by atoms with Crippen LogP contribution in [-0.2, 0) is 106 Å². The second-order valence-corrected chi connectivity index (χ2v) is 38.5. The number of nitrogens with one attached hydrogen (secondary N) is 13. The minimum absolute atomic E-state index is 0.0202. The number of para-hydroxylation sites is 1. The molecule has 3 aromatic rings. The molecule has 23 N–H and O–H groups in total. The van der Waals surface area contributed by atoms with Gasteiger partial charge in [-0.1, -0.05) is 55.7 Å². The van der Waals surface area contributed by atoms with Gasteiger partial charge in [0.2, 0.25) is 82.7 Å². The topological polar surface area (TPSA) is 690 Å². The van der Waals surface area contributed by atoms with Gasteiger partial charge in [0, 0.05) is 139 Å². The van der Waals surface area contributed by atoms with Crippen LogP contribution in [0.25, 0.3) is 6.08 Å². The number of pyridine rings is 1. The molecule has 0 radical (unpaired) electrons. The summed E-state index contributed by atoms with van der Waals surface area (Å²) < 4.78 is 45.4. The Morgan fingerprint density at radius 1 is 0.581 bits per heavy atom. The van der Waals surface area contributed by atoms with Crippen molar-refractivity contribution in [1.29, 1.82) is 0 Å². The first-order valence-electron chi connectivity index (χ1n) is 45.7. The van der Waals surface area contributed by atoms with E-state index >= 15 is 0 Å². The molecule has 754 valence electrons. The van der Waals surface area contributed by atoms with Gasteiger partial charge >= 0.3 is 27.2 Å². The number of carboxylic acid groups (broad SMARTS) is 1. The lowest BCUT2D eigenvalue weighted by molar-refractivity contribution is -0.140. The number of nitrogens with two attached hydrogens (primary N) is 2. The highest BCUT2D eigenvalue weighted by atomic mass is 32.2. The zero-order valence-electron chi connectivity index (χ0n) is 76.5. The average Bonchev–Trinajstić information content (AvgIpc) is 0.914. The van der Waals surface area contributed by atoms with Crippen molar-refractivity contribution in [2.24, 2.45) is 23.3 Å². The molecule has 1 unspecified atom stereocenters. The molecular weight excluding hydrogens is 1840 g/mol. The minimum atomic E-state index is -5.63. The number of carbonyl (C=O) groups excluding carboxylic acids is 15. The molecule has 5 atom stereocenters. The molecule has 2 heterocycles. The summed E-state index contributed by atoms with van der Waals surface area (Å²) in [6.45, 7) is 3.76. The van der Waals surface area contributed by atoms with Crippen molar-refractivity contribution in [2.45, 2.75) is 214 Å². The van der Waals surface area contributed by atoms with Crippen molar-refractivity contribution in [3.8, 4) is 0 Å². The number of unbranched alkanes of at least 4 members (excludes halogenated alkanes) is 2. The number of carboxylic acids is 1. The molecule has 0 bridgehead atoms. The summed E-state index contributed by atoms with van der Waals surface area (Å²) in [6.07, 6.45) is 9.53. The van der Waals surface area contributed by atoms with Crippen molar-refractivity contribution in [3.63, 3.8) is 0 Å². The number of imide groups is 1. The molecule has 3 aliphatic rings. The van der Waals surface area contributed by atoms with Crippen LogP contribution in [0.4, 0.5) is 16.2 Å². The molecule has 16 amide bonds. The number of hydrogen-bond acceptors (Lipinski definition) is 26. The Labute approximate surface area is 792 Å². The molecular formula is C88H133N17O28P2S. The van der Waals surface area contributed by atoms with Gasteiger partial charge in [0.1, 0.15) is 23.7 Å². The SMILES string of the molecule is Cc1ccccc1NC(=O)Nc1ccc(CC(=O)N[C@@H](CCCCNC(=O)/C=C/c2cccnc2)C(=O)N[C@@H](CCCC(=O)O)C(=O)NC2(C(=O)NCCOCCOCCNC(=O)CCC(=O)NCCOCCOCCNC(=O)CCC(=O)N[C@@H](CCCCNC(=O)[C@H](N)CSC3CC(=O)N(CC4CCC(C(=O)NCCCC(O)(P(=O)(O)O)P(=O)(O)O)CC4)C3=O)C(N)=O)CCCCC2)cc1. The molecule has 1 aliphatic heterocycles. The molecule has 3 fully saturated rings. The molecule has 45 nitrogen and oxygen atoms in total. The van der Waals surface area contributed by atoms with E-state index in [4.69, 9.17) is 30.4 Å². The number of thioether (sulfide) groups is 1. The molecule has 48 heteroatoms. The van der Waals surface area contributed by atoms with Crippen LogP contribution in [0.15, 0.2) is 79.1 Å². The summed E-state index contributed by atoms with van der Waals surface area (Å²) >= 11 is 1.08. The Morgan fingerprint density at radius 2 is 1.12 bits per heavy atom. The van der Waals surface area contributed by atoms with E-state index < -0.39 is 139 Å². The fraction of sp³-hybridized carbons (Fsp3) is 0.602. The quantitative estimate of drug-likeness (QED) is 0.0161. The van der Waals surface area contributed by atoms with Gasteiger partial charge in [-0.05, 0) is 156 Å². The third-order valence-electron chi connectivity index (χ3n) is 22.6. The third kappa shape index (κ3) is 42.9. The maximum atomic E-state index is 14.4. The van der Waals surface area contributed by atoms with Crippen molar-refractivity contribution in [1.82, 2.24) is 68.4 Å². The van der Waals surface area contributed by atoms with E-state index in [2.05, 4.69) is 74.1 Å². The first-order valence-corrected chi connectivity index (χ1v) is 49.9. The minimum Gasteiger partial charge on any atom is -0.481 e. The fourth-order valence-electron chi connectivity index (χ4n) is 14.9. The molecule has 0 spiro atoms. The predicted octanol–water partition coefficient (Wildman–Crippen LogP) is 0.861. The Morgan fingerprint density at radius 3 is 1.69 bits per heavy atom. The molecule has 1 aromatic heterocycles. The number of aromatic nitrogens is 1. The van der Waals surface area contributed by atoms with E-state index in [-0.39, 0.29) is 230 Å². The van der Waals surface area contributed by atoms with E-state index in [9.17, 15) is 116 Å². The number of nitrogens with zero attached hydrogens (tertiary/aromatic N) is 2. The van der Waals surface area contributed by atoms with Crippen LogP contribution in [0.2, 0.25) is 0 Å². The van der Waals surface area contributed by atoms with Crippen molar-refractivity contribution in [2.75, 3.05) is 122 Å². The smallest absolute Gasteiger partial charge is 0.369 e. The number of likely N-dealkylation sites (tertiary alicyclic amines) is 1. The van der Waals surface area contributed by atoms with E-state index in [1.807, 2.05) is 19.1 Å². The number of amides is 16. The highest BCUT2D eigenvalue weighted by molar-refractivity contribution is 8.00. The number of aliphatic carboxylic acids is 1. The van der Waals surface area contributed by atoms with E-state index in [0.717, 1.165) is 29.3 Å². The summed E-state index contributed by atoms with van der Waals surface area (Å²) in [5.74, 6) is -8.80. The molecule has 2 aliphatic carbocycles. The van der Waals surface area contributed by atoms with Crippen LogP contribution in [0, 0.1) is 18.8 Å². The number of carbonyl (C=O) groups is 16. The maximum Gasteiger partial charge on any atom is 0.369 e. The number of hydrogen-bond donors (Lipinski definition) is 21. The van der Waals surface area contributed by atoms with Crippen LogP contribution in [0.3, 0.4) is 0 Å². The second-order valence-electron chi connectivity index (χ2n) is 33.3. The molecule has 6 rings (SSSR count). The first-order chi connectivity index (χ1) is 64.8. The van der Waals surface area contributed by atoms with Crippen LogP contribution < -0.4 is 80.6 Å². The van der Waals surface area contributed by atoms with Gasteiger partial charge in [-0.25, -0.2) is 4.79 Å². The lowest BCUT2D eigenvalue weighted by Gasteiger charge is -2.38. The standard InChI is InChI=1S/C88H133N17O28P2S/c1-59-14-3-4-16-66(59)103-86(122)99-64-28-23-60(24-29-64)54-76(111)101-68(18-6-9-39-92-71(106)30-25-61-15-12-38-91-56-61)82(118)102-69(19-11-20-78(113)114)83(119)104-87(35-7-2-8-36-87)85(121)98-45-49-133-53-52-132-47-43-94-73(108)32-31-72(107)93-42-46-130-50-51-131-48-44-95-74(109)33-34-75(110)100-67(79(90)115)17-5-10-40-97-81(117)65(89)58-136-70-55-77(112)105(84(70)120)57-62-21-26-63(27-22-62)80(116)96-41-13-37-88(123,134(124,125)126)135(127,128)129/h3-4,12,14-16,23-25,28-30,38,56,62-63,65,67-70,123H,2,5-11,13,17-22,26-27,31-37,39-55,57-58,89H2,1H3,(H2,90,115)(H,92,106)(H,93,107)(H,94,108)(H,95,109)(H,96,116)(H,97,117)(H,98,121)(H,100,110)(H,101,111)(H,102,118)(H,104,119)(H,113,114)(H2,99,103,122)(H2,124,125,126)(H2,127,128,129)/b30-25+/t62?,63?,65-,67+,68+,69+,70?/m1/s1. The van der Waals surface area contributed by atoms with E-state index in [1.165, 1.54) is 11.0 Å². The second kappa shape index (κ2) is 60.8. The average molecular weight is 1970 g/mol. The third-order valence-corrected chi connectivity index (χ3v) is 27.8. The lowest BCUT2D eigenvalue weighted by atomic mass is 9.80. The van der Waals surface area contributed by atoms with E-state index in [1.54, 1.807) is 67.0 Å². The van der Waals surface area contributed by atoms with Crippen molar-refractivity contribution < 1.29 is 135 Å². The zero-order chi connectivity index (χ0) is 99.5. The van der Waals surface area contributed by atoms with Gasteiger partial charge in [0.05, 0.1) is 70.6 Å². The summed E-state index contributed by atoms with van der Waals surface area (Å²) in [5, 5.41) is 50.7. The first kappa shape index (κ1) is 114. The monoisotopic (exact) mass is 1970 g/mol. The Hall–Kier alpha value is -10.7.